The molecule has 1 N–H and O–H groups in total. The number of furan rings is 1. The van der Waals surface area contributed by atoms with Gasteiger partial charge < -0.3 is 14.4 Å². The molecule has 0 bridgehead atoms. The zero-order chi connectivity index (χ0) is 36.7. The number of phenols is 1. The molecule has 0 aliphatic heterocycles. The fourth-order valence-electron chi connectivity index (χ4n) is 7.92. The van der Waals surface area contributed by atoms with Crippen molar-refractivity contribution in [2.24, 2.45) is 0 Å². The van der Waals surface area contributed by atoms with Gasteiger partial charge in [-0.1, -0.05) is 170 Å². The summed E-state index contributed by atoms with van der Waals surface area (Å²) in [7, 11) is 0. The van der Waals surface area contributed by atoms with Crippen LogP contribution in [0.2, 0.25) is 0 Å². The second kappa shape index (κ2) is 13.6. The lowest BCUT2D eigenvalue weighted by Crippen LogP contribution is -2.10. The number of fused-ring (bicyclic) bond motifs is 5. The van der Waals surface area contributed by atoms with E-state index < -0.39 is 0 Å². The third-order valence-electron chi connectivity index (χ3n) is 10.6. The van der Waals surface area contributed by atoms with Gasteiger partial charge >= 0.3 is 0 Å². The molecule has 10 aromatic rings. The van der Waals surface area contributed by atoms with E-state index in [2.05, 4.69) is 157 Å². The summed E-state index contributed by atoms with van der Waals surface area (Å²) in [5, 5.41) is 16.4. The summed E-state index contributed by atoms with van der Waals surface area (Å²) in [5.41, 5.74) is 12.8. The maximum atomic E-state index is 11.9. The summed E-state index contributed by atoms with van der Waals surface area (Å²) in [6.07, 6.45) is 0. The van der Waals surface area contributed by atoms with Gasteiger partial charge in [-0.3, -0.25) is 0 Å². The van der Waals surface area contributed by atoms with Crippen LogP contribution in [0, 0.1) is 0 Å². The van der Waals surface area contributed by atoms with Crippen molar-refractivity contribution in [2.75, 3.05) is 4.90 Å². The fraction of sp³-hybridized carbons (Fsp3) is 0. The zero-order valence-corrected chi connectivity index (χ0v) is 29.9. The quantitative estimate of drug-likeness (QED) is 0.179. The lowest BCUT2D eigenvalue weighted by molar-refractivity contribution is 0.478. The number of anilines is 3. The SMILES string of the molecule is Oc1c(-c2ccccc2)cccc1N(c1ccc(-c2ccccc2)cc1)c1ccc(-c2cccc3c2oc2c4ccccc4c(-c4ccccc4)cc32)cc1. The predicted octanol–water partition coefficient (Wildman–Crippen LogP) is 14.6. The van der Waals surface area contributed by atoms with Crippen LogP contribution in [-0.4, -0.2) is 5.11 Å². The lowest BCUT2D eigenvalue weighted by Gasteiger charge is -2.27. The van der Waals surface area contributed by atoms with Crippen molar-refractivity contribution in [3.8, 4) is 50.3 Å². The van der Waals surface area contributed by atoms with Gasteiger partial charge in [-0.15, -0.1) is 0 Å². The number of nitrogens with zero attached hydrogens (tertiary/aromatic N) is 1. The van der Waals surface area contributed by atoms with E-state index >= 15 is 0 Å². The minimum absolute atomic E-state index is 0.221. The van der Waals surface area contributed by atoms with Gasteiger partial charge in [-0.2, -0.15) is 0 Å². The van der Waals surface area contributed by atoms with Crippen LogP contribution < -0.4 is 4.90 Å². The van der Waals surface area contributed by atoms with Crippen LogP contribution in [0.5, 0.6) is 5.75 Å². The van der Waals surface area contributed by atoms with E-state index in [1.54, 1.807) is 0 Å². The van der Waals surface area contributed by atoms with Crippen LogP contribution in [0.25, 0.3) is 77.2 Å². The average Bonchev–Trinajstić information content (AvgIpc) is 3.65. The molecule has 0 unspecified atom stereocenters. The number of aromatic hydroxyl groups is 1. The molecular formula is C52H35NO2. The van der Waals surface area contributed by atoms with Crippen LogP contribution in [0.1, 0.15) is 0 Å². The largest absolute Gasteiger partial charge is 0.505 e. The first-order valence-electron chi connectivity index (χ1n) is 18.6. The molecule has 0 amide bonds. The molecule has 0 radical (unpaired) electrons. The second-order valence-corrected chi connectivity index (χ2v) is 13.8. The van der Waals surface area contributed by atoms with Crippen molar-refractivity contribution in [3.05, 3.63) is 206 Å². The molecule has 0 aliphatic carbocycles. The summed E-state index contributed by atoms with van der Waals surface area (Å²) in [6, 6.07) is 71.2. The van der Waals surface area contributed by atoms with E-state index in [-0.39, 0.29) is 5.75 Å². The maximum absolute atomic E-state index is 11.9. The van der Waals surface area contributed by atoms with E-state index in [0.717, 1.165) is 72.1 Å². The minimum atomic E-state index is 0.221. The highest BCUT2D eigenvalue weighted by Gasteiger charge is 2.21. The highest BCUT2D eigenvalue weighted by molar-refractivity contribution is 6.20. The Balaban J connectivity index is 1.10. The van der Waals surface area contributed by atoms with Crippen LogP contribution in [0.15, 0.2) is 211 Å². The van der Waals surface area contributed by atoms with Crippen molar-refractivity contribution in [2.45, 2.75) is 0 Å². The maximum Gasteiger partial charge on any atom is 0.147 e. The van der Waals surface area contributed by atoms with Crippen molar-refractivity contribution in [1.82, 2.24) is 0 Å². The third-order valence-corrected chi connectivity index (χ3v) is 10.6. The molecule has 3 heteroatoms. The molecule has 1 aromatic heterocycles. The highest BCUT2D eigenvalue weighted by Crippen LogP contribution is 2.46. The summed E-state index contributed by atoms with van der Waals surface area (Å²) in [6.45, 7) is 0. The van der Waals surface area contributed by atoms with Gasteiger partial charge in [0, 0.05) is 38.7 Å². The first kappa shape index (κ1) is 32.3. The Morgan fingerprint density at radius 1 is 0.327 bits per heavy atom. The van der Waals surface area contributed by atoms with Crippen LogP contribution in [0.4, 0.5) is 17.1 Å². The number of hydrogen-bond donors (Lipinski definition) is 1. The standard InChI is InChI=1S/C52H35NO2/c54-50-42(37-16-6-2-7-17-37)22-13-25-49(50)53(40-30-26-36(27-31-40)35-14-4-1-5-15-35)41-32-28-39(29-33-41)43-23-12-24-46-48-34-47(38-18-8-3-9-19-38)44-20-10-11-21-45(44)52(48)55-51(43)46/h1-34,54H. The third kappa shape index (κ3) is 5.70. The molecule has 0 saturated heterocycles. The van der Waals surface area contributed by atoms with Crippen molar-refractivity contribution in [3.63, 3.8) is 0 Å². The predicted molar refractivity (Wildman–Crippen MR) is 229 cm³/mol. The molecule has 3 nitrogen and oxygen atoms in total. The normalized spacial score (nSPS) is 11.3. The molecule has 260 valence electrons. The smallest absolute Gasteiger partial charge is 0.147 e. The van der Waals surface area contributed by atoms with Gasteiger partial charge in [0.25, 0.3) is 0 Å². The number of hydrogen-bond acceptors (Lipinski definition) is 3. The Bertz CT molecular complexity index is 2950. The lowest BCUT2D eigenvalue weighted by atomic mass is 9.95. The van der Waals surface area contributed by atoms with E-state index in [9.17, 15) is 5.11 Å². The summed E-state index contributed by atoms with van der Waals surface area (Å²) in [5.74, 6) is 0.221. The first-order chi connectivity index (χ1) is 27.2. The van der Waals surface area contributed by atoms with Gasteiger partial charge in [-0.05, 0) is 75.2 Å². The van der Waals surface area contributed by atoms with Gasteiger partial charge in [0.2, 0.25) is 0 Å². The van der Waals surface area contributed by atoms with Crippen molar-refractivity contribution in [1.29, 1.82) is 0 Å². The molecule has 0 fully saturated rings. The van der Waals surface area contributed by atoms with Gasteiger partial charge in [0.05, 0.1) is 5.69 Å². The Hall–Kier alpha value is -7.36. The Labute approximate surface area is 319 Å². The molecule has 0 aliphatic rings. The van der Waals surface area contributed by atoms with Crippen molar-refractivity contribution >= 4 is 49.8 Å². The second-order valence-electron chi connectivity index (χ2n) is 13.8. The fourth-order valence-corrected chi connectivity index (χ4v) is 7.92. The van der Waals surface area contributed by atoms with E-state index in [0.29, 0.717) is 5.69 Å². The van der Waals surface area contributed by atoms with Gasteiger partial charge in [0.15, 0.2) is 0 Å². The zero-order valence-electron chi connectivity index (χ0n) is 29.9. The number of phenolic OH excluding ortho intramolecular Hbond substituents is 1. The number of benzene rings is 9. The van der Waals surface area contributed by atoms with Crippen LogP contribution >= 0.6 is 0 Å². The first-order valence-corrected chi connectivity index (χ1v) is 18.6. The van der Waals surface area contributed by atoms with Crippen LogP contribution in [0.3, 0.4) is 0 Å². The summed E-state index contributed by atoms with van der Waals surface area (Å²) < 4.78 is 6.83. The molecule has 0 spiro atoms. The molecule has 9 aromatic carbocycles. The van der Waals surface area contributed by atoms with Gasteiger partial charge in [-0.25, -0.2) is 0 Å². The topological polar surface area (TPSA) is 36.6 Å². The molecule has 0 atom stereocenters. The summed E-state index contributed by atoms with van der Waals surface area (Å²) >= 11 is 0. The van der Waals surface area contributed by atoms with Crippen LogP contribution in [-0.2, 0) is 0 Å². The van der Waals surface area contributed by atoms with E-state index in [1.165, 1.54) is 16.5 Å². The number of rotatable bonds is 7. The average molecular weight is 706 g/mol. The monoisotopic (exact) mass is 705 g/mol. The Morgan fingerprint density at radius 3 is 1.44 bits per heavy atom. The van der Waals surface area contributed by atoms with E-state index in [1.807, 2.05) is 54.6 Å². The molecule has 1 heterocycles. The van der Waals surface area contributed by atoms with Gasteiger partial charge in [0.1, 0.15) is 16.9 Å². The summed E-state index contributed by atoms with van der Waals surface area (Å²) in [4.78, 5) is 2.12. The molecule has 55 heavy (non-hydrogen) atoms. The molecular weight excluding hydrogens is 671 g/mol. The van der Waals surface area contributed by atoms with E-state index in [4.69, 9.17) is 4.42 Å². The molecule has 10 rings (SSSR count). The number of para-hydroxylation sites is 2. The minimum Gasteiger partial charge on any atom is -0.505 e. The Kier molecular flexibility index (Phi) is 7.96. The molecule has 0 saturated carbocycles. The Morgan fingerprint density at radius 2 is 0.782 bits per heavy atom. The highest BCUT2D eigenvalue weighted by atomic mass is 16.3. The van der Waals surface area contributed by atoms with Crippen molar-refractivity contribution < 1.29 is 9.52 Å².